The van der Waals surface area contributed by atoms with E-state index in [0.717, 1.165) is 0 Å². The van der Waals surface area contributed by atoms with Crippen molar-refractivity contribution in [3.8, 4) is 0 Å². The number of anilines is 1. The van der Waals surface area contributed by atoms with E-state index in [1.165, 1.54) is 0 Å². The Kier molecular flexibility index (Phi) is 5.45. The first-order valence-electron chi connectivity index (χ1n) is 7.97. The second-order valence-electron chi connectivity index (χ2n) is 5.61. The molecule has 1 saturated heterocycles. The van der Waals surface area contributed by atoms with Crippen molar-refractivity contribution in [2.24, 2.45) is 0 Å². The lowest BCUT2D eigenvalue weighted by atomic mass is 10.2. The van der Waals surface area contributed by atoms with Crippen molar-refractivity contribution < 1.29 is 9.59 Å². The van der Waals surface area contributed by atoms with Gasteiger partial charge in [-0.25, -0.2) is 9.97 Å². The van der Waals surface area contributed by atoms with Gasteiger partial charge in [-0.15, -0.1) is 0 Å². The van der Waals surface area contributed by atoms with Crippen molar-refractivity contribution in [2.75, 3.05) is 37.6 Å². The van der Waals surface area contributed by atoms with E-state index in [9.17, 15) is 9.59 Å². The number of amides is 2. The fourth-order valence-electron chi connectivity index (χ4n) is 2.61. The third kappa shape index (κ3) is 4.45. The molecule has 1 aromatic carbocycles. The van der Waals surface area contributed by atoms with Crippen LogP contribution in [0.2, 0.25) is 5.02 Å². The number of halogens is 1. The molecule has 0 bridgehead atoms. The highest BCUT2D eigenvalue weighted by molar-refractivity contribution is 6.30. The molecule has 1 fully saturated rings. The monoisotopic (exact) mass is 359 g/mol. The van der Waals surface area contributed by atoms with E-state index < -0.39 is 0 Å². The Morgan fingerprint density at radius 2 is 1.80 bits per heavy atom. The summed E-state index contributed by atoms with van der Waals surface area (Å²) in [5.41, 5.74) is 0.436. The molecule has 3 rings (SSSR count). The molecule has 0 aliphatic carbocycles. The van der Waals surface area contributed by atoms with Crippen molar-refractivity contribution in [2.45, 2.75) is 0 Å². The average Bonchev–Trinajstić information content (AvgIpc) is 2.66. The van der Waals surface area contributed by atoms with Crippen LogP contribution in [0, 0.1) is 0 Å². The highest BCUT2D eigenvalue weighted by atomic mass is 35.5. The number of hydrogen-bond acceptors (Lipinski definition) is 5. The van der Waals surface area contributed by atoms with Gasteiger partial charge >= 0.3 is 0 Å². The molecule has 1 aliphatic heterocycles. The van der Waals surface area contributed by atoms with Crippen LogP contribution in [-0.2, 0) is 4.79 Å². The van der Waals surface area contributed by atoms with E-state index in [0.29, 0.717) is 42.7 Å². The van der Waals surface area contributed by atoms with Crippen molar-refractivity contribution in [1.29, 1.82) is 0 Å². The van der Waals surface area contributed by atoms with Crippen LogP contribution >= 0.6 is 11.6 Å². The summed E-state index contributed by atoms with van der Waals surface area (Å²) < 4.78 is 0. The first-order valence-corrected chi connectivity index (χ1v) is 8.35. The van der Waals surface area contributed by atoms with Gasteiger partial charge in [0.05, 0.1) is 6.54 Å². The maximum atomic E-state index is 12.3. The predicted molar refractivity (Wildman–Crippen MR) is 94.6 cm³/mol. The van der Waals surface area contributed by atoms with Crippen molar-refractivity contribution in [3.63, 3.8) is 0 Å². The van der Waals surface area contributed by atoms with Crippen LogP contribution in [0.1, 0.15) is 10.4 Å². The smallest absolute Gasteiger partial charge is 0.251 e. The van der Waals surface area contributed by atoms with Gasteiger partial charge in [0.15, 0.2) is 0 Å². The second-order valence-corrected chi connectivity index (χ2v) is 6.05. The average molecular weight is 360 g/mol. The zero-order chi connectivity index (χ0) is 17.6. The van der Waals surface area contributed by atoms with E-state index >= 15 is 0 Å². The minimum atomic E-state index is -0.313. The van der Waals surface area contributed by atoms with Crippen LogP contribution in [0.5, 0.6) is 0 Å². The Morgan fingerprint density at radius 1 is 1.08 bits per heavy atom. The van der Waals surface area contributed by atoms with Gasteiger partial charge in [0, 0.05) is 49.2 Å². The fraction of sp³-hybridized carbons (Fsp3) is 0.294. The van der Waals surface area contributed by atoms with E-state index in [1.807, 2.05) is 4.90 Å². The normalized spacial score (nSPS) is 14.3. The Bertz CT molecular complexity index is 748. The third-order valence-electron chi connectivity index (χ3n) is 3.95. The molecule has 25 heavy (non-hydrogen) atoms. The predicted octanol–water partition coefficient (Wildman–Crippen LogP) is 1.21. The molecule has 2 aromatic rings. The molecule has 0 atom stereocenters. The Labute approximate surface area is 150 Å². The fourth-order valence-corrected chi connectivity index (χ4v) is 2.80. The molecule has 1 N–H and O–H groups in total. The number of carbonyl (C=O) groups is 2. The number of hydrogen-bond donors (Lipinski definition) is 1. The van der Waals surface area contributed by atoms with E-state index in [-0.39, 0.29) is 18.4 Å². The summed E-state index contributed by atoms with van der Waals surface area (Å²) in [6.07, 6.45) is 3.40. The van der Waals surface area contributed by atoms with Gasteiger partial charge in [-0.1, -0.05) is 17.7 Å². The Balaban J connectivity index is 1.47. The minimum Gasteiger partial charge on any atom is -0.343 e. The summed E-state index contributed by atoms with van der Waals surface area (Å²) in [5, 5.41) is 3.12. The number of carbonyl (C=O) groups excluding carboxylic acids is 2. The molecule has 7 nitrogen and oxygen atoms in total. The van der Waals surface area contributed by atoms with Crippen LogP contribution in [-0.4, -0.2) is 59.4 Å². The van der Waals surface area contributed by atoms with Crippen LogP contribution in [0.4, 0.5) is 5.95 Å². The molecule has 1 aliphatic rings. The number of nitrogens with one attached hydrogen (secondary N) is 1. The highest BCUT2D eigenvalue weighted by Crippen LogP contribution is 2.11. The van der Waals surface area contributed by atoms with Crippen molar-refractivity contribution >= 4 is 29.4 Å². The van der Waals surface area contributed by atoms with Gasteiger partial charge in [0.25, 0.3) is 5.91 Å². The molecule has 2 heterocycles. The van der Waals surface area contributed by atoms with Gasteiger partial charge in [-0.2, -0.15) is 0 Å². The quantitative estimate of drug-likeness (QED) is 0.887. The number of aromatic nitrogens is 2. The number of rotatable bonds is 4. The highest BCUT2D eigenvalue weighted by Gasteiger charge is 2.22. The molecule has 0 radical (unpaired) electrons. The van der Waals surface area contributed by atoms with Crippen LogP contribution in [0.15, 0.2) is 42.7 Å². The zero-order valence-electron chi connectivity index (χ0n) is 13.6. The summed E-state index contributed by atoms with van der Waals surface area (Å²) >= 11 is 5.87. The number of nitrogens with zero attached hydrogens (tertiary/aromatic N) is 4. The molecular formula is C17H18ClN5O2. The Morgan fingerprint density at radius 3 is 2.48 bits per heavy atom. The summed E-state index contributed by atoms with van der Waals surface area (Å²) in [6.45, 7) is 2.44. The van der Waals surface area contributed by atoms with Gasteiger partial charge in [-0.3, -0.25) is 9.59 Å². The largest absolute Gasteiger partial charge is 0.343 e. The lowest BCUT2D eigenvalue weighted by Crippen LogP contribution is -2.51. The molecule has 0 saturated carbocycles. The lowest BCUT2D eigenvalue weighted by Gasteiger charge is -2.34. The second kappa shape index (κ2) is 7.94. The molecule has 0 spiro atoms. The van der Waals surface area contributed by atoms with E-state index in [1.54, 1.807) is 47.6 Å². The molecule has 8 heteroatoms. The summed E-state index contributed by atoms with van der Waals surface area (Å²) in [7, 11) is 0. The maximum Gasteiger partial charge on any atom is 0.251 e. The van der Waals surface area contributed by atoms with Gasteiger partial charge in [0.2, 0.25) is 11.9 Å². The Hall–Kier alpha value is -2.67. The first-order chi connectivity index (χ1) is 12.1. The van der Waals surface area contributed by atoms with Crippen LogP contribution in [0.25, 0.3) is 0 Å². The third-order valence-corrected chi connectivity index (χ3v) is 4.19. The SMILES string of the molecule is O=C(NCC(=O)N1CCN(c2ncccn2)CC1)c1cccc(Cl)c1. The molecule has 0 unspecified atom stereocenters. The van der Waals surface area contributed by atoms with Gasteiger partial charge < -0.3 is 15.1 Å². The summed E-state index contributed by atoms with van der Waals surface area (Å²) in [6, 6.07) is 8.39. The topological polar surface area (TPSA) is 78.4 Å². The molecule has 130 valence electrons. The zero-order valence-corrected chi connectivity index (χ0v) is 14.3. The van der Waals surface area contributed by atoms with Crippen LogP contribution < -0.4 is 10.2 Å². The van der Waals surface area contributed by atoms with Crippen molar-refractivity contribution in [1.82, 2.24) is 20.2 Å². The summed E-state index contributed by atoms with van der Waals surface area (Å²) in [4.78, 5) is 36.5. The standard InChI is InChI=1S/C17H18ClN5O2/c18-14-4-1-3-13(11-14)16(25)21-12-15(24)22-7-9-23(10-8-22)17-19-5-2-6-20-17/h1-6,11H,7-10,12H2,(H,21,25). The minimum absolute atomic E-state index is 0.0345. The van der Waals surface area contributed by atoms with E-state index in [4.69, 9.17) is 11.6 Å². The number of piperazine rings is 1. The van der Waals surface area contributed by atoms with Gasteiger partial charge in [0.1, 0.15) is 0 Å². The maximum absolute atomic E-state index is 12.3. The lowest BCUT2D eigenvalue weighted by molar-refractivity contribution is -0.130. The van der Waals surface area contributed by atoms with Crippen molar-refractivity contribution in [3.05, 3.63) is 53.3 Å². The summed E-state index contributed by atoms with van der Waals surface area (Å²) in [5.74, 6) is 0.250. The molecule has 2 amide bonds. The molecule has 1 aromatic heterocycles. The van der Waals surface area contributed by atoms with Crippen LogP contribution in [0.3, 0.4) is 0 Å². The van der Waals surface area contributed by atoms with E-state index in [2.05, 4.69) is 15.3 Å². The first kappa shape index (κ1) is 17.2. The molecular weight excluding hydrogens is 342 g/mol. The number of benzene rings is 1. The van der Waals surface area contributed by atoms with Gasteiger partial charge in [-0.05, 0) is 24.3 Å².